The zero-order valence-electron chi connectivity index (χ0n) is 13.8. The average molecular weight is 314 g/mol. The van der Waals surface area contributed by atoms with Gasteiger partial charge in [0.2, 0.25) is 5.91 Å². The van der Waals surface area contributed by atoms with Gasteiger partial charge in [0.05, 0.1) is 6.10 Å². The summed E-state index contributed by atoms with van der Waals surface area (Å²) < 4.78 is 6.11. The molecule has 23 heavy (non-hydrogen) atoms. The first-order chi connectivity index (χ1) is 11.2. The Bertz CT molecular complexity index is 595. The Morgan fingerprint density at radius 3 is 2.83 bits per heavy atom. The van der Waals surface area contributed by atoms with Gasteiger partial charge in [-0.1, -0.05) is 19.3 Å². The first-order valence-electron chi connectivity index (χ1n) is 9.02. The molecule has 4 heteroatoms. The number of carbonyl (C=O) groups excluding carboxylic acids is 1. The second-order valence-corrected chi connectivity index (χ2v) is 7.30. The number of ether oxygens (including phenoxy) is 1. The molecule has 0 unspecified atom stereocenters. The van der Waals surface area contributed by atoms with Crippen LogP contribution in [0, 0.1) is 11.8 Å². The van der Waals surface area contributed by atoms with Crippen LogP contribution in [-0.2, 0) is 9.53 Å². The lowest BCUT2D eigenvalue weighted by atomic mass is 9.73. The van der Waals surface area contributed by atoms with Crippen LogP contribution in [0.2, 0.25) is 0 Å². The molecule has 0 spiro atoms. The highest BCUT2D eigenvalue weighted by molar-refractivity contribution is 5.89. The topological polar surface area (TPSA) is 50.4 Å². The molecular formula is C19H26N2O2. The molecule has 124 valence electrons. The van der Waals surface area contributed by atoms with Crippen LogP contribution in [0.25, 0.3) is 0 Å². The van der Waals surface area contributed by atoms with E-state index in [1.54, 1.807) is 6.92 Å². The molecule has 2 aliphatic heterocycles. The zero-order chi connectivity index (χ0) is 15.8. The van der Waals surface area contributed by atoms with Crippen LogP contribution in [0.5, 0.6) is 0 Å². The van der Waals surface area contributed by atoms with Crippen LogP contribution in [-0.4, -0.2) is 18.6 Å². The van der Waals surface area contributed by atoms with Crippen molar-refractivity contribution in [2.24, 2.45) is 11.8 Å². The third-order valence-electron chi connectivity index (χ3n) is 5.76. The number of carbonyl (C=O) groups is 1. The summed E-state index contributed by atoms with van der Waals surface area (Å²) in [7, 11) is 0. The lowest BCUT2D eigenvalue weighted by Crippen LogP contribution is -2.42. The van der Waals surface area contributed by atoms with Crippen LogP contribution in [0.4, 0.5) is 11.4 Å². The summed E-state index contributed by atoms with van der Waals surface area (Å²) in [5.41, 5.74) is 3.27. The van der Waals surface area contributed by atoms with E-state index in [2.05, 4.69) is 22.8 Å². The minimum absolute atomic E-state index is 0.0299. The molecule has 1 saturated carbocycles. The summed E-state index contributed by atoms with van der Waals surface area (Å²) in [6, 6.07) is 6.72. The lowest BCUT2D eigenvalue weighted by Gasteiger charge is -2.42. The molecule has 2 fully saturated rings. The molecule has 0 radical (unpaired) electrons. The molecule has 1 saturated heterocycles. The van der Waals surface area contributed by atoms with Crippen LogP contribution in [0.1, 0.15) is 57.1 Å². The fourth-order valence-corrected chi connectivity index (χ4v) is 4.75. The largest absolute Gasteiger partial charge is 0.381 e. The lowest BCUT2D eigenvalue weighted by molar-refractivity contribution is -0.114. The first kappa shape index (κ1) is 15.0. The van der Waals surface area contributed by atoms with Gasteiger partial charge in [0, 0.05) is 42.4 Å². The van der Waals surface area contributed by atoms with Crippen LogP contribution in [0.3, 0.4) is 0 Å². The minimum Gasteiger partial charge on any atom is -0.381 e. The van der Waals surface area contributed by atoms with Crippen molar-refractivity contribution in [1.82, 2.24) is 0 Å². The Balaban J connectivity index is 1.63. The van der Waals surface area contributed by atoms with E-state index >= 15 is 0 Å². The Morgan fingerprint density at radius 1 is 1.22 bits per heavy atom. The van der Waals surface area contributed by atoms with Crippen molar-refractivity contribution < 1.29 is 9.53 Å². The van der Waals surface area contributed by atoms with Gasteiger partial charge in [-0.2, -0.15) is 0 Å². The van der Waals surface area contributed by atoms with Gasteiger partial charge in [-0.05, 0) is 43.4 Å². The predicted molar refractivity (Wildman–Crippen MR) is 91.5 cm³/mol. The molecule has 1 aromatic carbocycles. The second kappa shape index (κ2) is 6.16. The zero-order valence-corrected chi connectivity index (χ0v) is 13.8. The van der Waals surface area contributed by atoms with Crippen molar-refractivity contribution in [3.05, 3.63) is 23.8 Å². The molecule has 2 heterocycles. The fraction of sp³-hybridized carbons (Fsp3) is 0.632. The van der Waals surface area contributed by atoms with E-state index in [-0.39, 0.29) is 12.0 Å². The van der Waals surface area contributed by atoms with Gasteiger partial charge in [0.15, 0.2) is 0 Å². The summed E-state index contributed by atoms with van der Waals surface area (Å²) in [5, 5.41) is 6.71. The van der Waals surface area contributed by atoms with E-state index in [4.69, 9.17) is 4.74 Å². The molecule has 2 N–H and O–H groups in total. The normalized spacial score (nSPS) is 30.2. The smallest absolute Gasteiger partial charge is 0.221 e. The summed E-state index contributed by atoms with van der Waals surface area (Å²) in [6.07, 6.45) is 8.16. The highest BCUT2D eigenvalue weighted by atomic mass is 16.5. The van der Waals surface area contributed by atoms with Gasteiger partial charge in [-0.15, -0.1) is 0 Å². The summed E-state index contributed by atoms with van der Waals surface area (Å²) in [4.78, 5) is 11.3. The summed E-state index contributed by atoms with van der Waals surface area (Å²) in [6.45, 7) is 2.40. The minimum atomic E-state index is -0.0299. The standard InChI is InChI=1S/C19H26N2O2/c1-12(22)20-14-7-8-17-16(11-14)19-15(9-10-23-19)18(21-17)13-5-3-2-4-6-13/h7-8,11,13,15,18-19,21H,2-6,9-10H2,1H3,(H,20,22)/t15-,18+,19-/m0/s1. The van der Waals surface area contributed by atoms with Gasteiger partial charge in [-0.3, -0.25) is 4.79 Å². The summed E-state index contributed by atoms with van der Waals surface area (Å²) in [5.74, 6) is 1.32. The number of anilines is 2. The monoisotopic (exact) mass is 314 g/mol. The number of nitrogens with one attached hydrogen (secondary N) is 2. The number of amides is 1. The van der Waals surface area contributed by atoms with Crippen LogP contribution >= 0.6 is 0 Å². The Labute approximate surface area is 138 Å². The Hall–Kier alpha value is -1.55. The molecule has 3 aliphatic rings. The second-order valence-electron chi connectivity index (χ2n) is 7.30. The van der Waals surface area contributed by atoms with E-state index in [9.17, 15) is 4.79 Å². The van der Waals surface area contributed by atoms with E-state index in [1.165, 1.54) is 43.4 Å². The van der Waals surface area contributed by atoms with Gasteiger partial charge in [-0.25, -0.2) is 0 Å². The molecule has 4 rings (SSSR count). The molecule has 4 nitrogen and oxygen atoms in total. The van der Waals surface area contributed by atoms with Gasteiger partial charge < -0.3 is 15.4 Å². The molecule has 1 amide bonds. The predicted octanol–water partition coefficient (Wildman–Crippen LogP) is 4.10. The third-order valence-corrected chi connectivity index (χ3v) is 5.76. The maximum Gasteiger partial charge on any atom is 0.221 e. The first-order valence-corrected chi connectivity index (χ1v) is 9.02. The number of benzene rings is 1. The molecule has 0 bridgehead atoms. The Morgan fingerprint density at radius 2 is 2.04 bits per heavy atom. The maximum absolute atomic E-state index is 11.3. The molecule has 3 atom stereocenters. The highest BCUT2D eigenvalue weighted by Crippen LogP contribution is 2.48. The Kier molecular flexibility index (Phi) is 4.02. The van der Waals surface area contributed by atoms with Gasteiger partial charge >= 0.3 is 0 Å². The highest BCUT2D eigenvalue weighted by Gasteiger charge is 2.43. The number of rotatable bonds is 2. The number of hydrogen-bond donors (Lipinski definition) is 2. The van der Waals surface area contributed by atoms with E-state index in [0.717, 1.165) is 24.6 Å². The molecule has 1 aromatic rings. The van der Waals surface area contributed by atoms with E-state index < -0.39 is 0 Å². The fourth-order valence-electron chi connectivity index (χ4n) is 4.75. The van der Waals surface area contributed by atoms with E-state index in [1.807, 2.05) is 6.07 Å². The van der Waals surface area contributed by atoms with Crippen molar-refractivity contribution in [3.63, 3.8) is 0 Å². The van der Waals surface area contributed by atoms with Crippen molar-refractivity contribution in [1.29, 1.82) is 0 Å². The molecular weight excluding hydrogens is 288 g/mol. The van der Waals surface area contributed by atoms with E-state index in [0.29, 0.717) is 12.0 Å². The van der Waals surface area contributed by atoms with Crippen molar-refractivity contribution in [2.45, 2.75) is 57.6 Å². The van der Waals surface area contributed by atoms with Crippen LogP contribution in [0.15, 0.2) is 18.2 Å². The van der Waals surface area contributed by atoms with Crippen molar-refractivity contribution >= 4 is 17.3 Å². The number of fused-ring (bicyclic) bond motifs is 3. The summed E-state index contributed by atoms with van der Waals surface area (Å²) >= 11 is 0. The van der Waals surface area contributed by atoms with Crippen molar-refractivity contribution in [2.75, 3.05) is 17.2 Å². The van der Waals surface area contributed by atoms with Gasteiger partial charge in [0.1, 0.15) is 0 Å². The number of hydrogen-bond acceptors (Lipinski definition) is 3. The molecule has 0 aromatic heterocycles. The quantitative estimate of drug-likeness (QED) is 0.864. The molecule has 1 aliphatic carbocycles. The van der Waals surface area contributed by atoms with Crippen LogP contribution < -0.4 is 10.6 Å². The SMILES string of the molecule is CC(=O)Nc1ccc2c(c1)[C@H]1OCC[C@H]1[C@@H](C1CCCCC1)N2. The average Bonchev–Trinajstić information content (AvgIpc) is 3.04. The maximum atomic E-state index is 11.3. The third kappa shape index (κ3) is 2.85. The van der Waals surface area contributed by atoms with Crippen molar-refractivity contribution in [3.8, 4) is 0 Å². The van der Waals surface area contributed by atoms with Gasteiger partial charge in [0.25, 0.3) is 0 Å².